The number of rotatable bonds is 11. The van der Waals surface area contributed by atoms with Crippen LogP contribution in [-0.4, -0.2) is 42.4 Å². The van der Waals surface area contributed by atoms with Crippen molar-refractivity contribution in [2.45, 2.75) is 0 Å². The molecule has 0 bridgehead atoms. The summed E-state index contributed by atoms with van der Waals surface area (Å²) in [5.74, 6) is 0. The number of hydrogen-bond acceptors (Lipinski definition) is 3. The van der Waals surface area contributed by atoms with Gasteiger partial charge in [0.25, 0.3) is 0 Å². The van der Waals surface area contributed by atoms with E-state index in [1.165, 1.54) is 143 Å². The molecule has 26 rings (SSSR count). The van der Waals surface area contributed by atoms with Crippen LogP contribution in [-0.2, 0) is 0 Å². The summed E-state index contributed by atoms with van der Waals surface area (Å²) < 4.78 is 14.0. The molecule has 590 valence electrons. The molecule has 0 aliphatic rings. The first kappa shape index (κ1) is 73.0. The Morgan fingerprint density at radius 3 is 0.659 bits per heavy atom. The Bertz CT molecular complexity index is 8520. The van der Waals surface area contributed by atoms with Crippen molar-refractivity contribution in [2.24, 2.45) is 0 Å². The van der Waals surface area contributed by atoms with Gasteiger partial charge in [-0.1, -0.05) is 285 Å². The summed E-state index contributed by atoms with van der Waals surface area (Å²) in [7, 11) is 0. The van der Waals surface area contributed by atoms with E-state index in [1.807, 2.05) is 36.8 Å². The molecule has 0 unspecified atom stereocenters. The third-order valence-electron chi connectivity index (χ3n) is 25.1. The molecule has 0 aliphatic heterocycles. The van der Waals surface area contributed by atoms with Gasteiger partial charge in [-0.05, 0) is 219 Å². The molecule has 0 fully saturated rings. The summed E-state index contributed by atoms with van der Waals surface area (Å²) in [6, 6.07) is 161. The molecule has 0 amide bonds. The predicted molar refractivity (Wildman–Crippen MR) is 526 cm³/mol. The molecule has 9 heterocycles. The predicted octanol–water partition coefficient (Wildman–Crippen LogP) is 30.2. The molecule has 0 aliphatic carbocycles. The van der Waals surface area contributed by atoms with E-state index >= 15 is 0 Å². The Morgan fingerprint density at radius 1 is 0.119 bits per heavy atom. The van der Waals surface area contributed by atoms with E-state index in [9.17, 15) is 0 Å². The second kappa shape index (κ2) is 30.6. The summed E-state index contributed by atoms with van der Waals surface area (Å²) in [6.07, 6.45) is 5.64. The standard InChI is InChI=1S/2C41H27N3.C35H23N3/c1-3-11-28(12-4-1)29-13-9-16-33(25-29)44-40-27-31(21-23-36(40)37-18-10-24-42-41(37)44)30-20-22-35-34-17-7-8-19-38(34)43(39(35)26-30)32-14-5-2-6-15-32;1-3-10-28(11-4-1)29-17-21-33(22-18-29)44-40-27-31(20-24-36(40)37-15-9-25-42-41(37)44)30-19-23-35-34-14-7-8-16-38(34)43(39(35)26-30)32-12-5-2-6-13-32;1-3-10-26(11-4-1)37-32-16-8-7-14-28(32)29-19-17-24(22-33(29)37)25-18-20-30-31-15-9-21-36-35(31)38(34(30)23-25)27-12-5-2-6-13-27/h2*1-27H;1-23H. The Morgan fingerprint density at radius 2 is 0.325 bits per heavy atom. The smallest absolute Gasteiger partial charge is 0.145 e. The van der Waals surface area contributed by atoms with Crippen molar-refractivity contribution in [1.29, 1.82) is 0 Å². The molecule has 9 aromatic heterocycles. The minimum absolute atomic E-state index is 0.963. The minimum Gasteiger partial charge on any atom is -0.309 e. The lowest BCUT2D eigenvalue weighted by Crippen LogP contribution is -1.96. The van der Waals surface area contributed by atoms with Gasteiger partial charge in [-0.3, -0.25) is 13.7 Å². The summed E-state index contributed by atoms with van der Waals surface area (Å²) in [5.41, 5.74) is 32.3. The van der Waals surface area contributed by atoms with Crippen LogP contribution in [0.2, 0.25) is 0 Å². The first-order valence-corrected chi connectivity index (χ1v) is 42.9. The number of benzene rings is 17. The van der Waals surface area contributed by atoms with Crippen LogP contribution in [0.5, 0.6) is 0 Å². The lowest BCUT2D eigenvalue weighted by atomic mass is 10.0. The molecule has 0 saturated heterocycles. The maximum atomic E-state index is 4.87. The Kier molecular flexibility index (Phi) is 17.7. The highest BCUT2D eigenvalue weighted by Gasteiger charge is 2.23. The number of para-hydroxylation sites is 7. The number of hydrogen-bond donors (Lipinski definition) is 0. The fraction of sp³-hybridized carbons (Fsp3) is 0. The fourth-order valence-corrected chi connectivity index (χ4v) is 19.3. The van der Waals surface area contributed by atoms with Gasteiger partial charge in [0.05, 0.1) is 49.7 Å². The molecule has 17 aromatic carbocycles. The second-order valence-electron chi connectivity index (χ2n) is 32.3. The van der Waals surface area contributed by atoms with Crippen molar-refractivity contribution in [1.82, 2.24) is 42.4 Å². The molecular weight excluding hydrogens is 1530 g/mol. The molecule has 0 atom stereocenters. The molecule has 0 radical (unpaired) electrons. The first-order chi connectivity index (χ1) is 62.5. The van der Waals surface area contributed by atoms with Gasteiger partial charge >= 0.3 is 0 Å². The zero-order valence-electron chi connectivity index (χ0n) is 68.5. The first-order valence-electron chi connectivity index (χ1n) is 42.9. The van der Waals surface area contributed by atoms with Crippen LogP contribution in [0.25, 0.3) is 221 Å². The fourth-order valence-electron chi connectivity index (χ4n) is 19.3. The zero-order valence-corrected chi connectivity index (χ0v) is 68.5. The third-order valence-corrected chi connectivity index (χ3v) is 25.1. The van der Waals surface area contributed by atoms with Crippen LogP contribution in [0, 0.1) is 0 Å². The summed E-state index contributed by atoms with van der Waals surface area (Å²) >= 11 is 0. The zero-order chi connectivity index (χ0) is 83.1. The number of aromatic nitrogens is 9. The largest absolute Gasteiger partial charge is 0.309 e. The maximum Gasteiger partial charge on any atom is 0.145 e. The topological polar surface area (TPSA) is 68.2 Å². The normalized spacial score (nSPS) is 11.7. The Hall–Kier alpha value is -17.0. The van der Waals surface area contributed by atoms with Crippen LogP contribution < -0.4 is 0 Å². The van der Waals surface area contributed by atoms with Gasteiger partial charge in [-0.15, -0.1) is 0 Å². The van der Waals surface area contributed by atoms with Gasteiger partial charge in [-0.25, -0.2) is 15.0 Å². The van der Waals surface area contributed by atoms with Crippen molar-refractivity contribution in [3.05, 3.63) is 468 Å². The molecule has 0 spiro atoms. The Labute approximate surface area is 726 Å². The molecule has 126 heavy (non-hydrogen) atoms. The van der Waals surface area contributed by atoms with E-state index in [0.717, 1.165) is 78.1 Å². The van der Waals surface area contributed by atoms with E-state index < -0.39 is 0 Å². The number of nitrogens with zero attached hydrogens (tertiary/aromatic N) is 9. The molecular formula is C117H77N9. The van der Waals surface area contributed by atoms with Crippen molar-refractivity contribution < 1.29 is 0 Å². The second-order valence-corrected chi connectivity index (χ2v) is 32.3. The van der Waals surface area contributed by atoms with E-state index in [1.54, 1.807) is 0 Å². The molecule has 0 saturated carbocycles. The van der Waals surface area contributed by atoms with Gasteiger partial charge in [0, 0.05) is 117 Å². The third kappa shape index (κ3) is 12.4. The molecule has 26 aromatic rings. The van der Waals surface area contributed by atoms with E-state index in [2.05, 4.69) is 458 Å². The van der Waals surface area contributed by atoms with Gasteiger partial charge in [0.2, 0.25) is 0 Å². The highest BCUT2D eigenvalue weighted by Crippen LogP contribution is 2.44. The lowest BCUT2D eigenvalue weighted by molar-refractivity contribution is 1.14. The number of fused-ring (bicyclic) bond motifs is 18. The van der Waals surface area contributed by atoms with Crippen LogP contribution in [0.1, 0.15) is 0 Å². The number of pyridine rings is 3. The summed E-state index contributed by atoms with van der Waals surface area (Å²) in [5, 5.41) is 14.6. The van der Waals surface area contributed by atoms with Crippen molar-refractivity contribution in [2.75, 3.05) is 0 Å². The van der Waals surface area contributed by atoms with E-state index in [-0.39, 0.29) is 0 Å². The monoisotopic (exact) mass is 1610 g/mol. The molecule has 9 nitrogen and oxygen atoms in total. The van der Waals surface area contributed by atoms with Crippen molar-refractivity contribution in [3.63, 3.8) is 0 Å². The lowest BCUT2D eigenvalue weighted by Gasteiger charge is -2.11. The van der Waals surface area contributed by atoms with Crippen molar-refractivity contribution >= 4 is 131 Å². The van der Waals surface area contributed by atoms with Crippen LogP contribution >= 0.6 is 0 Å². The summed E-state index contributed by atoms with van der Waals surface area (Å²) in [4.78, 5) is 14.5. The van der Waals surface area contributed by atoms with Gasteiger partial charge < -0.3 is 13.7 Å². The van der Waals surface area contributed by atoms with Crippen LogP contribution in [0.3, 0.4) is 0 Å². The molecule has 9 heteroatoms. The SMILES string of the molecule is c1ccc(-c2ccc(-n3c4cc(-c5ccc6c7ccccc7n(-c7ccccc7)c6c5)ccc4c4cccnc43)cc2)cc1.c1ccc(-c2cccc(-n3c4cc(-c5ccc6c7ccccc7n(-c7ccccc7)c6c5)ccc4c4cccnc43)c2)cc1.c1ccc(-n2c3ccccc3c3ccc(-c4ccc5c6cccnc6n(-c6ccccc6)c5c4)cc32)cc1. The van der Waals surface area contributed by atoms with Crippen LogP contribution in [0.15, 0.2) is 468 Å². The average Bonchev–Trinajstić information content (AvgIpc) is 1.59. The van der Waals surface area contributed by atoms with Gasteiger partial charge in [0.15, 0.2) is 0 Å². The molecule has 0 N–H and O–H groups in total. The highest BCUT2D eigenvalue weighted by atomic mass is 15.1. The van der Waals surface area contributed by atoms with Crippen LogP contribution in [0.4, 0.5) is 0 Å². The quantitative estimate of drug-likeness (QED) is 0.130. The summed E-state index contributed by atoms with van der Waals surface area (Å²) in [6.45, 7) is 0. The van der Waals surface area contributed by atoms with Gasteiger partial charge in [-0.2, -0.15) is 0 Å². The van der Waals surface area contributed by atoms with E-state index in [4.69, 9.17) is 15.0 Å². The highest BCUT2D eigenvalue weighted by molar-refractivity contribution is 6.16. The average molecular weight is 1610 g/mol. The maximum absolute atomic E-state index is 4.87. The van der Waals surface area contributed by atoms with Crippen molar-refractivity contribution in [3.8, 4) is 89.8 Å². The minimum atomic E-state index is 0.963. The van der Waals surface area contributed by atoms with E-state index in [0.29, 0.717) is 0 Å². The van der Waals surface area contributed by atoms with Gasteiger partial charge in [0.1, 0.15) is 16.9 Å². The Balaban J connectivity index is 0.000000106.